The lowest BCUT2D eigenvalue weighted by atomic mass is 10.2. The Morgan fingerprint density at radius 1 is 1.30 bits per heavy atom. The summed E-state index contributed by atoms with van der Waals surface area (Å²) in [5.74, 6) is 1.26. The van der Waals surface area contributed by atoms with Gasteiger partial charge in [0.05, 0.1) is 21.0 Å². The van der Waals surface area contributed by atoms with Crippen LogP contribution in [0.3, 0.4) is 0 Å². The summed E-state index contributed by atoms with van der Waals surface area (Å²) in [6.07, 6.45) is 0. The van der Waals surface area contributed by atoms with E-state index in [4.69, 9.17) is 16.3 Å². The number of methoxy groups -OCH3 is 1. The molecule has 0 N–H and O–H groups in total. The van der Waals surface area contributed by atoms with Crippen LogP contribution in [0.25, 0.3) is 0 Å². The number of hydrogen-bond donors (Lipinski definition) is 0. The highest BCUT2D eigenvalue weighted by atomic mass is 127. The molecule has 0 aliphatic carbocycles. The van der Waals surface area contributed by atoms with Gasteiger partial charge in [0.1, 0.15) is 11.4 Å². The molecule has 1 aliphatic rings. The normalized spacial score (nSPS) is 14.1. The number of carbonyl (C=O) groups excluding carboxylic acids is 1. The molecule has 0 unspecified atom stereocenters. The summed E-state index contributed by atoms with van der Waals surface area (Å²) in [4.78, 5) is 14.7. The summed E-state index contributed by atoms with van der Waals surface area (Å²) in [5.41, 5.74) is 2.79. The molecule has 1 aromatic heterocycles. The van der Waals surface area contributed by atoms with Gasteiger partial charge in [-0.05, 0) is 56.2 Å². The van der Waals surface area contributed by atoms with Crippen molar-refractivity contribution < 1.29 is 9.53 Å². The van der Waals surface area contributed by atoms with Crippen molar-refractivity contribution in [3.63, 3.8) is 0 Å². The number of benzene rings is 1. The van der Waals surface area contributed by atoms with Crippen LogP contribution in [0.1, 0.15) is 21.7 Å². The zero-order valence-corrected chi connectivity index (χ0v) is 17.0. The maximum atomic E-state index is 12.9. The molecule has 0 saturated heterocycles. The predicted octanol–water partition coefficient (Wildman–Crippen LogP) is 4.26. The Hall–Kier alpha value is -0.730. The minimum absolute atomic E-state index is 0.0496. The first kappa shape index (κ1) is 17.1. The lowest BCUT2D eigenvalue weighted by molar-refractivity contribution is 0.0688. The van der Waals surface area contributed by atoms with Crippen LogP contribution in [-0.4, -0.2) is 29.0 Å². The van der Waals surface area contributed by atoms with Crippen molar-refractivity contribution in [1.82, 2.24) is 9.47 Å². The summed E-state index contributed by atoms with van der Waals surface area (Å²) in [5, 5.41) is 0. The number of amides is 1. The van der Waals surface area contributed by atoms with Gasteiger partial charge in [-0.25, -0.2) is 0 Å². The molecule has 2 aromatic rings. The molecule has 0 radical (unpaired) electrons. The van der Waals surface area contributed by atoms with Crippen molar-refractivity contribution in [2.24, 2.45) is 0 Å². The Bertz CT molecular complexity index is 746. The first-order valence-corrected chi connectivity index (χ1v) is 9.52. The first-order chi connectivity index (χ1) is 11.1. The molecule has 0 spiro atoms. The second-order valence-corrected chi connectivity index (χ2v) is 7.42. The number of hydrogen-bond acceptors (Lipinski definition) is 2. The van der Waals surface area contributed by atoms with Crippen molar-refractivity contribution in [1.29, 1.82) is 0 Å². The molecule has 0 atom stereocenters. The minimum atomic E-state index is 0.0496. The first-order valence-electron chi connectivity index (χ1n) is 7.11. The van der Waals surface area contributed by atoms with Crippen LogP contribution >= 0.6 is 50.1 Å². The third-order valence-electron chi connectivity index (χ3n) is 3.99. The van der Waals surface area contributed by atoms with E-state index in [1.807, 2.05) is 33.7 Å². The van der Waals surface area contributed by atoms with Crippen LogP contribution in [-0.2, 0) is 19.0 Å². The quantitative estimate of drug-likeness (QED) is 0.456. The van der Waals surface area contributed by atoms with Crippen molar-refractivity contribution in [3.05, 3.63) is 49.3 Å². The Labute approximate surface area is 162 Å². The number of carbonyl (C=O) groups is 1. The monoisotopic (exact) mass is 508 g/mol. The van der Waals surface area contributed by atoms with Crippen LogP contribution in [0.4, 0.5) is 0 Å². The summed E-state index contributed by atoms with van der Waals surface area (Å²) in [6, 6.07) is 7.81. The van der Waals surface area contributed by atoms with Crippen molar-refractivity contribution in [2.45, 2.75) is 19.0 Å². The van der Waals surface area contributed by atoms with E-state index in [2.05, 4.69) is 38.5 Å². The molecule has 4 nitrogen and oxygen atoms in total. The molecule has 122 valence electrons. The Morgan fingerprint density at radius 2 is 2.00 bits per heavy atom. The van der Waals surface area contributed by atoms with Gasteiger partial charge in [0.25, 0.3) is 5.91 Å². The molecule has 23 heavy (non-hydrogen) atoms. The maximum absolute atomic E-state index is 12.9. The van der Waals surface area contributed by atoms with Gasteiger partial charge in [0.15, 0.2) is 0 Å². The molecule has 7 heteroatoms. The van der Waals surface area contributed by atoms with Gasteiger partial charge in [-0.3, -0.25) is 4.79 Å². The van der Waals surface area contributed by atoms with Gasteiger partial charge >= 0.3 is 0 Å². The number of alkyl halides is 1. The van der Waals surface area contributed by atoms with Gasteiger partial charge in [0, 0.05) is 25.3 Å². The number of ether oxygens (including phenoxy) is 1. The van der Waals surface area contributed by atoms with E-state index in [-0.39, 0.29) is 5.91 Å². The largest absolute Gasteiger partial charge is 0.497 e. The average Bonchev–Trinajstić information content (AvgIpc) is 2.82. The van der Waals surface area contributed by atoms with E-state index < -0.39 is 0 Å². The molecule has 0 fully saturated rings. The van der Waals surface area contributed by atoms with Crippen LogP contribution < -0.4 is 4.74 Å². The smallest absolute Gasteiger partial charge is 0.271 e. The summed E-state index contributed by atoms with van der Waals surface area (Å²) in [7, 11) is 1.64. The second-order valence-electron chi connectivity index (χ2n) is 5.28. The lowest BCUT2D eigenvalue weighted by Gasteiger charge is -2.29. The molecule has 0 saturated carbocycles. The third-order valence-corrected chi connectivity index (χ3v) is 6.89. The van der Waals surface area contributed by atoms with E-state index in [0.29, 0.717) is 19.0 Å². The topological polar surface area (TPSA) is 34.5 Å². The highest BCUT2D eigenvalue weighted by molar-refractivity contribution is 14.1. The van der Waals surface area contributed by atoms with E-state index in [9.17, 15) is 4.79 Å². The van der Waals surface area contributed by atoms with Gasteiger partial charge < -0.3 is 14.2 Å². The fraction of sp³-hybridized carbons (Fsp3) is 0.312. The van der Waals surface area contributed by atoms with Crippen molar-refractivity contribution in [2.75, 3.05) is 13.7 Å². The third kappa shape index (κ3) is 3.13. The zero-order chi connectivity index (χ0) is 16.6. The standard InChI is InChI=1S/C16H15BrClIN2O2/c1-23-11-4-2-10(3-5-11)9-20-6-7-21-12(8-18)13(17)14(19)15(21)16(20)22/h2-5H,6-9H2,1H3. The number of rotatable bonds is 4. The molecule has 1 amide bonds. The maximum Gasteiger partial charge on any atom is 0.271 e. The number of nitrogens with zero attached hydrogens (tertiary/aromatic N) is 2. The summed E-state index contributed by atoms with van der Waals surface area (Å²) < 4.78 is 9.07. The number of halogens is 3. The van der Waals surface area contributed by atoms with E-state index in [1.54, 1.807) is 7.11 Å². The number of fused-ring (bicyclic) bond motifs is 1. The van der Waals surface area contributed by atoms with Gasteiger partial charge in [-0.15, -0.1) is 11.6 Å². The SMILES string of the molecule is COc1ccc(CN2CCn3c(CCl)c(Br)c(I)c3C2=O)cc1. The van der Waals surface area contributed by atoms with Crippen LogP contribution in [0.15, 0.2) is 28.7 Å². The summed E-state index contributed by atoms with van der Waals surface area (Å²) in [6.45, 7) is 2.04. The minimum Gasteiger partial charge on any atom is -0.497 e. The van der Waals surface area contributed by atoms with E-state index in [1.165, 1.54) is 0 Å². The van der Waals surface area contributed by atoms with Crippen LogP contribution in [0.5, 0.6) is 5.75 Å². The van der Waals surface area contributed by atoms with Crippen LogP contribution in [0.2, 0.25) is 0 Å². The molecule has 3 rings (SSSR count). The van der Waals surface area contributed by atoms with Crippen molar-refractivity contribution in [3.8, 4) is 5.75 Å². The molecule has 1 aliphatic heterocycles. The fourth-order valence-corrected chi connectivity index (χ4v) is 4.58. The highest BCUT2D eigenvalue weighted by Gasteiger charge is 2.31. The van der Waals surface area contributed by atoms with Crippen LogP contribution in [0, 0.1) is 3.57 Å². The predicted molar refractivity (Wildman–Crippen MR) is 102 cm³/mol. The summed E-state index contributed by atoms with van der Waals surface area (Å²) >= 11 is 11.8. The van der Waals surface area contributed by atoms with E-state index in [0.717, 1.165) is 37.3 Å². The Morgan fingerprint density at radius 3 is 2.61 bits per heavy atom. The Balaban J connectivity index is 1.86. The van der Waals surface area contributed by atoms with Crippen molar-refractivity contribution >= 4 is 56.0 Å². The Kier molecular flexibility index (Phi) is 5.22. The fourth-order valence-electron chi connectivity index (χ4n) is 2.76. The zero-order valence-electron chi connectivity index (χ0n) is 12.5. The molecule has 0 bridgehead atoms. The second kappa shape index (κ2) is 7.03. The lowest BCUT2D eigenvalue weighted by Crippen LogP contribution is -2.40. The molecular weight excluding hydrogens is 494 g/mol. The molecule has 1 aromatic carbocycles. The molecular formula is C16H15BrClIN2O2. The number of aromatic nitrogens is 1. The van der Waals surface area contributed by atoms with Gasteiger partial charge in [-0.1, -0.05) is 12.1 Å². The van der Waals surface area contributed by atoms with E-state index >= 15 is 0 Å². The molecule has 2 heterocycles. The van der Waals surface area contributed by atoms with Gasteiger partial charge in [-0.2, -0.15) is 0 Å². The highest BCUT2D eigenvalue weighted by Crippen LogP contribution is 2.34. The van der Waals surface area contributed by atoms with Gasteiger partial charge in [0.2, 0.25) is 0 Å². The average molecular weight is 510 g/mol.